The molecule has 0 heterocycles. The van der Waals surface area contributed by atoms with Crippen molar-refractivity contribution in [1.82, 2.24) is 4.90 Å². The Morgan fingerprint density at radius 3 is 1.35 bits per heavy atom. The third-order valence-corrected chi connectivity index (χ3v) is 1.20. The minimum atomic E-state index is -5.37. The summed E-state index contributed by atoms with van der Waals surface area (Å²) in [7, 11) is 0. The molecule has 100 valence electrons. The molecule has 0 aliphatic carbocycles. The second-order valence-corrected chi connectivity index (χ2v) is 2.44. The molecule has 0 aliphatic heterocycles. The molecule has 0 fully saturated rings. The van der Waals surface area contributed by atoms with Crippen LogP contribution >= 0.6 is 0 Å². The fourth-order valence-electron chi connectivity index (χ4n) is 0.667. The lowest BCUT2D eigenvalue weighted by Gasteiger charge is -2.16. The first-order valence-corrected chi connectivity index (χ1v) is 3.88. The molecule has 17 heavy (non-hydrogen) atoms. The van der Waals surface area contributed by atoms with Gasteiger partial charge in [0, 0.05) is 6.54 Å². The molecule has 0 aromatic rings. The third-order valence-electron chi connectivity index (χ3n) is 1.20. The van der Waals surface area contributed by atoms with Crippen molar-refractivity contribution >= 4 is 12.2 Å². The summed E-state index contributed by atoms with van der Waals surface area (Å²) in [5.41, 5.74) is 0. The van der Waals surface area contributed by atoms with Crippen molar-refractivity contribution in [2.24, 2.45) is 9.98 Å². The number of hydrogen-bond acceptors (Lipinski definition) is 2. The van der Waals surface area contributed by atoms with Gasteiger partial charge in [0.15, 0.2) is 0 Å². The van der Waals surface area contributed by atoms with Crippen molar-refractivity contribution in [3.05, 3.63) is 0 Å². The fraction of sp³-hybridized carbons (Fsp3) is 0.667. The fourth-order valence-corrected chi connectivity index (χ4v) is 0.667. The molecule has 0 aromatic heterocycles. The normalized spacial score (nSPS) is 15.1. The highest BCUT2D eigenvalue weighted by Crippen LogP contribution is 2.20. The Morgan fingerprint density at radius 2 is 1.18 bits per heavy atom. The van der Waals surface area contributed by atoms with E-state index in [0.29, 0.717) is 0 Å². The first-order valence-electron chi connectivity index (χ1n) is 3.88. The van der Waals surface area contributed by atoms with Gasteiger partial charge in [0.2, 0.25) is 0 Å². The summed E-state index contributed by atoms with van der Waals surface area (Å²) < 4.78 is 94.7. The molecule has 3 nitrogen and oxygen atoms in total. The van der Waals surface area contributed by atoms with Crippen LogP contribution in [0.3, 0.4) is 0 Å². The van der Waals surface area contributed by atoms with E-state index in [1.54, 1.807) is 0 Å². The minimum Gasteiger partial charge on any atom is -0.263 e. The molecule has 0 rings (SSSR count). The SMILES string of the molecule is CCN(/C(F)=N/C(F)(F)F)/C(F)=N/C(F)(F)F. The van der Waals surface area contributed by atoms with E-state index in [4.69, 9.17) is 0 Å². The van der Waals surface area contributed by atoms with E-state index in [1.165, 1.54) is 9.98 Å². The van der Waals surface area contributed by atoms with Crippen LogP contribution in [0.4, 0.5) is 35.1 Å². The summed E-state index contributed by atoms with van der Waals surface area (Å²) in [6.45, 7) is 0.0633. The van der Waals surface area contributed by atoms with E-state index in [0.717, 1.165) is 6.92 Å². The number of amidine groups is 2. The van der Waals surface area contributed by atoms with Crippen molar-refractivity contribution in [1.29, 1.82) is 0 Å². The highest BCUT2D eigenvalue weighted by Gasteiger charge is 2.33. The van der Waals surface area contributed by atoms with Gasteiger partial charge in [-0.15, -0.1) is 36.3 Å². The summed E-state index contributed by atoms with van der Waals surface area (Å²) in [6, 6.07) is 0. The molecule has 0 unspecified atom stereocenters. The molecule has 0 saturated heterocycles. The summed E-state index contributed by atoms with van der Waals surface area (Å²) in [5, 5.41) is 0. The lowest BCUT2D eigenvalue weighted by atomic mass is 10.6. The molecule has 0 spiro atoms. The molecule has 0 aromatic carbocycles. The molecular weight excluding hydrogens is 266 g/mol. The van der Waals surface area contributed by atoms with Crippen LogP contribution in [0.2, 0.25) is 0 Å². The molecule has 0 atom stereocenters. The average Bonchev–Trinajstić information content (AvgIpc) is 1.96. The van der Waals surface area contributed by atoms with Crippen molar-refractivity contribution in [3.8, 4) is 0 Å². The molecule has 11 heteroatoms. The van der Waals surface area contributed by atoms with Crippen LogP contribution in [0.25, 0.3) is 0 Å². The number of nitrogens with zero attached hydrogens (tertiary/aromatic N) is 3. The number of halogens is 8. The number of rotatable bonds is 1. The monoisotopic (exact) mass is 271 g/mol. The first kappa shape index (κ1) is 15.6. The second-order valence-electron chi connectivity index (χ2n) is 2.44. The molecule has 0 saturated carbocycles. The standard InChI is InChI=1S/C6H5F8N3/c1-2-17(3(7)15-5(9,10)11)4(8)16-6(12,13)14/h2H2,1H3/b15-3+,16-4+. The Labute approximate surface area is 89.4 Å². The van der Waals surface area contributed by atoms with Crippen LogP contribution in [0.15, 0.2) is 9.98 Å². The van der Waals surface area contributed by atoms with E-state index in [1.807, 2.05) is 0 Å². The minimum absolute atomic E-state index is 0.610. The number of hydrogen-bond donors (Lipinski definition) is 0. The van der Waals surface area contributed by atoms with Gasteiger partial charge in [-0.1, -0.05) is 0 Å². The van der Waals surface area contributed by atoms with E-state index in [-0.39, 0.29) is 0 Å². The van der Waals surface area contributed by atoms with Crippen LogP contribution in [0, 0.1) is 0 Å². The summed E-state index contributed by atoms with van der Waals surface area (Å²) in [6.07, 6.45) is -15.7. The molecule has 0 aliphatic rings. The van der Waals surface area contributed by atoms with Gasteiger partial charge in [-0.05, 0) is 6.92 Å². The van der Waals surface area contributed by atoms with E-state index < -0.39 is 36.2 Å². The van der Waals surface area contributed by atoms with Crippen LogP contribution in [0.5, 0.6) is 0 Å². The molecule has 0 radical (unpaired) electrons. The van der Waals surface area contributed by atoms with E-state index >= 15 is 0 Å². The Balaban J connectivity index is 5.11. The highest BCUT2D eigenvalue weighted by atomic mass is 19.4. The molecule has 0 amide bonds. The van der Waals surface area contributed by atoms with Crippen LogP contribution in [-0.2, 0) is 0 Å². The highest BCUT2D eigenvalue weighted by molar-refractivity contribution is 5.92. The largest absolute Gasteiger partial charge is 0.506 e. The van der Waals surface area contributed by atoms with E-state index in [9.17, 15) is 35.1 Å². The van der Waals surface area contributed by atoms with Gasteiger partial charge in [0.1, 0.15) is 0 Å². The lowest BCUT2D eigenvalue weighted by molar-refractivity contribution is -0.121. The second kappa shape index (κ2) is 5.27. The maximum atomic E-state index is 12.7. The summed E-state index contributed by atoms with van der Waals surface area (Å²) >= 11 is 0. The predicted octanol–water partition coefficient (Wildman–Crippen LogP) is 3.00. The smallest absolute Gasteiger partial charge is 0.263 e. The number of aliphatic imine (C=N–C) groups is 2. The Kier molecular flexibility index (Phi) is 4.83. The van der Waals surface area contributed by atoms with Gasteiger partial charge in [0.05, 0.1) is 0 Å². The lowest BCUT2D eigenvalue weighted by Crippen LogP contribution is -2.34. The van der Waals surface area contributed by atoms with Crippen molar-refractivity contribution in [3.63, 3.8) is 0 Å². The van der Waals surface area contributed by atoms with Gasteiger partial charge in [-0.3, -0.25) is 4.90 Å². The Morgan fingerprint density at radius 1 is 0.882 bits per heavy atom. The van der Waals surface area contributed by atoms with Gasteiger partial charge >= 0.3 is 12.6 Å². The summed E-state index contributed by atoms with van der Waals surface area (Å²) in [4.78, 5) is 2.23. The van der Waals surface area contributed by atoms with Gasteiger partial charge in [0.25, 0.3) is 12.2 Å². The van der Waals surface area contributed by atoms with Crippen molar-refractivity contribution in [2.75, 3.05) is 6.54 Å². The molecule has 0 N–H and O–H groups in total. The average molecular weight is 271 g/mol. The summed E-state index contributed by atoms with van der Waals surface area (Å²) in [5.74, 6) is 0. The Bertz CT molecular complexity index is 284. The van der Waals surface area contributed by atoms with Crippen LogP contribution in [0.1, 0.15) is 6.92 Å². The van der Waals surface area contributed by atoms with Crippen LogP contribution in [-0.4, -0.2) is 36.2 Å². The Hall–Kier alpha value is -1.42. The molecule has 0 bridgehead atoms. The van der Waals surface area contributed by atoms with Crippen molar-refractivity contribution < 1.29 is 35.1 Å². The molecular formula is C6H5F8N3. The zero-order chi connectivity index (χ0) is 13.9. The maximum Gasteiger partial charge on any atom is 0.506 e. The van der Waals surface area contributed by atoms with Crippen LogP contribution < -0.4 is 0 Å². The quantitative estimate of drug-likeness (QED) is 0.312. The zero-order valence-corrected chi connectivity index (χ0v) is 8.07. The van der Waals surface area contributed by atoms with E-state index in [2.05, 4.69) is 0 Å². The van der Waals surface area contributed by atoms with Gasteiger partial charge in [-0.25, -0.2) is 0 Å². The maximum absolute atomic E-state index is 12.7. The number of alkyl halides is 6. The first-order chi connectivity index (χ1) is 7.46. The zero-order valence-electron chi connectivity index (χ0n) is 8.07. The third kappa shape index (κ3) is 6.68. The topological polar surface area (TPSA) is 28.0 Å². The van der Waals surface area contributed by atoms with Crippen molar-refractivity contribution in [2.45, 2.75) is 19.5 Å². The predicted molar refractivity (Wildman–Crippen MR) is 41.6 cm³/mol. The van der Waals surface area contributed by atoms with Gasteiger partial charge < -0.3 is 0 Å². The van der Waals surface area contributed by atoms with Gasteiger partial charge in [-0.2, -0.15) is 8.78 Å².